The second kappa shape index (κ2) is 9.60. The molecule has 1 atom stereocenters. The Labute approximate surface area is 206 Å². The van der Waals surface area contributed by atoms with Gasteiger partial charge in [0.05, 0.1) is 24.7 Å². The van der Waals surface area contributed by atoms with Crippen LogP contribution in [-0.4, -0.2) is 71.2 Å². The first-order valence-corrected chi connectivity index (χ1v) is 12.4. The van der Waals surface area contributed by atoms with E-state index in [4.69, 9.17) is 9.72 Å². The second-order valence-corrected chi connectivity index (χ2v) is 9.53. The Balaban J connectivity index is 1.56. The van der Waals surface area contributed by atoms with Crippen molar-refractivity contribution in [1.82, 2.24) is 19.4 Å². The number of aromatic nitrogens is 2. The lowest BCUT2D eigenvalue weighted by molar-refractivity contribution is -0.129. The highest BCUT2D eigenvalue weighted by Gasteiger charge is 2.29. The summed E-state index contributed by atoms with van der Waals surface area (Å²) in [6.45, 7) is 7.90. The summed E-state index contributed by atoms with van der Waals surface area (Å²) < 4.78 is 7.35. The highest BCUT2D eigenvalue weighted by molar-refractivity contribution is 5.85. The lowest BCUT2D eigenvalue weighted by Crippen LogP contribution is -2.49. The minimum Gasteiger partial charge on any atom is -0.453 e. The van der Waals surface area contributed by atoms with Crippen molar-refractivity contribution >= 4 is 29.0 Å². The van der Waals surface area contributed by atoms with Crippen molar-refractivity contribution < 1.29 is 14.3 Å². The number of piperazine rings is 1. The van der Waals surface area contributed by atoms with Crippen LogP contribution in [0, 0.1) is 0 Å². The molecular formula is C27H33N5O3. The third-order valence-corrected chi connectivity index (χ3v) is 7.30. The maximum atomic E-state index is 12.3. The molecule has 8 heteroatoms. The number of ether oxygens (including phenoxy) is 1. The Kier molecular flexibility index (Phi) is 6.36. The van der Waals surface area contributed by atoms with Crippen LogP contribution in [0.5, 0.6) is 0 Å². The number of benzene rings is 2. The molecule has 5 rings (SSSR count). The molecule has 0 spiro atoms. The monoisotopic (exact) mass is 475 g/mol. The molecule has 1 saturated heterocycles. The first kappa shape index (κ1) is 23.2. The molecule has 2 aliphatic heterocycles. The molecule has 0 saturated carbocycles. The van der Waals surface area contributed by atoms with E-state index >= 15 is 0 Å². The van der Waals surface area contributed by atoms with Gasteiger partial charge in [0.1, 0.15) is 0 Å². The molecule has 0 unspecified atom stereocenters. The third kappa shape index (κ3) is 4.45. The lowest BCUT2D eigenvalue weighted by atomic mass is 9.98. The zero-order chi connectivity index (χ0) is 24.5. The number of methoxy groups -OCH3 is 1. The number of fused-ring (bicyclic) bond motifs is 3. The number of hydrogen-bond donors (Lipinski definition) is 0. The van der Waals surface area contributed by atoms with E-state index in [1.807, 2.05) is 11.0 Å². The van der Waals surface area contributed by atoms with Crippen LogP contribution >= 0.6 is 0 Å². The van der Waals surface area contributed by atoms with E-state index in [9.17, 15) is 9.59 Å². The van der Waals surface area contributed by atoms with Gasteiger partial charge in [0.25, 0.3) is 0 Å². The van der Waals surface area contributed by atoms with Gasteiger partial charge < -0.3 is 24.0 Å². The number of amides is 2. The maximum Gasteiger partial charge on any atom is 0.409 e. The number of carbonyl (C=O) groups is 2. The Hall–Kier alpha value is -3.55. The van der Waals surface area contributed by atoms with Gasteiger partial charge in [0.2, 0.25) is 11.9 Å². The summed E-state index contributed by atoms with van der Waals surface area (Å²) >= 11 is 0. The zero-order valence-corrected chi connectivity index (χ0v) is 20.7. The molecule has 0 bridgehead atoms. The molecule has 0 aliphatic carbocycles. The predicted molar refractivity (Wildman–Crippen MR) is 136 cm³/mol. The second-order valence-electron chi connectivity index (χ2n) is 9.53. The summed E-state index contributed by atoms with van der Waals surface area (Å²) in [5, 5.41) is 0. The van der Waals surface area contributed by atoms with Crippen molar-refractivity contribution in [1.29, 1.82) is 0 Å². The standard InChI is InChI=1S/C27H33N5O3/c1-19(17-21-7-5-4-6-8-21)32-24-10-9-22-11-12-31(27(34)35-3)18-23(22)25(24)28-26(32)30-15-13-29(14-16-30)20(2)33/h4-10,19H,11-18H2,1-3H3/t19-/m1/s1. The number of carbonyl (C=O) groups excluding carboxylic acids is 2. The van der Waals surface area contributed by atoms with E-state index in [2.05, 4.69) is 52.8 Å². The summed E-state index contributed by atoms with van der Waals surface area (Å²) in [6, 6.07) is 15.1. The Morgan fingerprint density at radius 3 is 2.43 bits per heavy atom. The minimum atomic E-state index is -0.301. The van der Waals surface area contributed by atoms with Gasteiger partial charge in [0, 0.05) is 51.3 Å². The summed E-state index contributed by atoms with van der Waals surface area (Å²) in [5.41, 5.74) is 5.67. The van der Waals surface area contributed by atoms with Crippen LogP contribution in [0.15, 0.2) is 42.5 Å². The van der Waals surface area contributed by atoms with Gasteiger partial charge in [-0.2, -0.15) is 0 Å². The normalized spacial score (nSPS) is 16.8. The predicted octanol–water partition coefficient (Wildman–Crippen LogP) is 3.63. The molecule has 0 radical (unpaired) electrons. The number of nitrogens with zero attached hydrogens (tertiary/aromatic N) is 5. The van der Waals surface area contributed by atoms with Gasteiger partial charge in [-0.15, -0.1) is 0 Å². The molecule has 2 aromatic carbocycles. The third-order valence-electron chi connectivity index (χ3n) is 7.30. The van der Waals surface area contributed by atoms with E-state index in [0.29, 0.717) is 26.2 Å². The SMILES string of the molecule is COC(=O)N1CCc2ccc3c(nc(N4CCN(C(C)=O)CC4)n3[C@H](C)Cc3ccccc3)c2C1. The molecular weight excluding hydrogens is 442 g/mol. The topological polar surface area (TPSA) is 70.9 Å². The highest BCUT2D eigenvalue weighted by atomic mass is 16.5. The van der Waals surface area contributed by atoms with Gasteiger partial charge in [-0.05, 0) is 37.0 Å². The van der Waals surface area contributed by atoms with Crippen LogP contribution in [0.4, 0.5) is 10.7 Å². The van der Waals surface area contributed by atoms with Crippen LogP contribution in [-0.2, 0) is 28.9 Å². The Morgan fingerprint density at radius 2 is 1.74 bits per heavy atom. The minimum absolute atomic E-state index is 0.118. The lowest BCUT2D eigenvalue weighted by Gasteiger charge is -2.35. The van der Waals surface area contributed by atoms with Gasteiger partial charge in [0.15, 0.2) is 0 Å². The van der Waals surface area contributed by atoms with Crippen molar-refractivity contribution in [2.24, 2.45) is 0 Å². The molecule has 2 amide bonds. The average Bonchev–Trinajstić information content (AvgIpc) is 3.29. The Bertz CT molecular complexity index is 1230. The molecule has 3 aromatic rings. The zero-order valence-electron chi connectivity index (χ0n) is 20.7. The highest BCUT2D eigenvalue weighted by Crippen LogP contribution is 2.34. The van der Waals surface area contributed by atoms with E-state index in [1.54, 1.807) is 11.8 Å². The quantitative estimate of drug-likeness (QED) is 0.576. The van der Waals surface area contributed by atoms with Crippen LogP contribution in [0.3, 0.4) is 0 Å². The van der Waals surface area contributed by atoms with E-state index in [0.717, 1.165) is 48.5 Å². The fourth-order valence-electron chi connectivity index (χ4n) is 5.39. The van der Waals surface area contributed by atoms with Crippen LogP contribution < -0.4 is 4.90 Å². The summed E-state index contributed by atoms with van der Waals surface area (Å²) in [6.07, 6.45) is 1.38. The number of imidazole rings is 1. The van der Waals surface area contributed by atoms with Crippen molar-refractivity contribution in [3.05, 3.63) is 59.2 Å². The summed E-state index contributed by atoms with van der Waals surface area (Å²) in [4.78, 5) is 35.3. The molecule has 1 aromatic heterocycles. The molecule has 35 heavy (non-hydrogen) atoms. The van der Waals surface area contributed by atoms with Crippen molar-refractivity contribution in [2.75, 3.05) is 44.7 Å². The van der Waals surface area contributed by atoms with Crippen LogP contribution in [0.25, 0.3) is 11.0 Å². The molecule has 8 nitrogen and oxygen atoms in total. The maximum absolute atomic E-state index is 12.3. The summed E-state index contributed by atoms with van der Waals surface area (Å²) in [7, 11) is 1.43. The largest absolute Gasteiger partial charge is 0.453 e. The van der Waals surface area contributed by atoms with Crippen molar-refractivity contribution in [2.45, 2.75) is 39.3 Å². The fraction of sp³-hybridized carbons (Fsp3) is 0.444. The van der Waals surface area contributed by atoms with E-state index < -0.39 is 0 Å². The van der Waals surface area contributed by atoms with E-state index in [1.165, 1.54) is 18.2 Å². The Morgan fingerprint density at radius 1 is 1.00 bits per heavy atom. The number of hydrogen-bond acceptors (Lipinski definition) is 5. The van der Waals surface area contributed by atoms with Gasteiger partial charge in [-0.3, -0.25) is 4.79 Å². The molecule has 184 valence electrons. The fourth-order valence-corrected chi connectivity index (χ4v) is 5.39. The summed E-state index contributed by atoms with van der Waals surface area (Å²) in [5.74, 6) is 1.06. The van der Waals surface area contributed by atoms with Crippen molar-refractivity contribution in [3.8, 4) is 0 Å². The van der Waals surface area contributed by atoms with Crippen molar-refractivity contribution in [3.63, 3.8) is 0 Å². The van der Waals surface area contributed by atoms with Crippen LogP contribution in [0.2, 0.25) is 0 Å². The molecule has 1 fully saturated rings. The van der Waals surface area contributed by atoms with Gasteiger partial charge in [-0.25, -0.2) is 9.78 Å². The molecule has 0 N–H and O–H groups in total. The molecule has 3 heterocycles. The average molecular weight is 476 g/mol. The first-order valence-electron chi connectivity index (χ1n) is 12.4. The number of rotatable bonds is 4. The smallest absolute Gasteiger partial charge is 0.409 e. The van der Waals surface area contributed by atoms with Gasteiger partial charge >= 0.3 is 6.09 Å². The van der Waals surface area contributed by atoms with Gasteiger partial charge in [-0.1, -0.05) is 36.4 Å². The van der Waals surface area contributed by atoms with E-state index in [-0.39, 0.29) is 18.0 Å². The number of anilines is 1. The van der Waals surface area contributed by atoms with Crippen LogP contribution in [0.1, 0.15) is 36.6 Å². The molecule has 2 aliphatic rings. The first-order chi connectivity index (χ1) is 17.0.